The number of hydrogen-bond donors (Lipinski definition) is 0. The van der Waals surface area contributed by atoms with Crippen molar-refractivity contribution in [2.24, 2.45) is 29.6 Å². The largest absolute Gasteiger partial charge is 0.375 e. The summed E-state index contributed by atoms with van der Waals surface area (Å²) in [5.74, 6) is 1.18. The van der Waals surface area contributed by atoms with Crippen LogP contribution in [0.3, 0.4) is 0 Å². The first kappa shape index (κ1) is 24.4. The van der Waals surface area contributed by atoms with E-state index in [-0.39, 0.29) is 17.8 Å². The van der Waals surface area contributed by atoms with Crippen molar-refractivity contribution in [2.75, 3.05) is 6.61 Å². The molecule has 30 heavy (non-hydrogen) atoms. The van der Waals surface area contributed by atoms with E-state index in [1.807, 2.05) is 0 Å². The molecule has 0 N–H and O–H groups in total. The molecule has 7 unspecified atom stereocenters. The van der Waals surface area contributed by atoms with Gasteiger partial charge in [0.1, 0.15) is 12.3 Å². The van der Waals surface area contributed by atoms with Gasteiger partial charge in [-0.1, -0.05) is 52.4 Å². The Labute approximate surface area is 182 Å². The third-order valence-electron chi connectivity index (χ3n) is 8.60. The predicted molar refractivity (Wildman–Crippen MR) is 118 cm³/mol. The van der Waals surface area contributed by atoms with Crippen molar-refractivity contribution in [2.45, 2.75) is 128 Å². The molecule has 0 amide bonds. The first-order chi connectivity index (χ1) is 14.5. The highest BCUT2D eigenvalue weighted by molar-refractivity contribution is 4.96. The zero-order valence-corrected chi connectivity index (χ0v) is 19.3. The van der Waals surface area contributed by atoms with E-state index < -0.39 is 24.6 Å². The van der Waals surface area contributed by atoms with Crippen molar-refractivity contribution >= 4 is 0 Å². The van der Waals surface area contributed by atoms with Gasteiger partial charge in [-0.3, -0.25) is 0 Å². The summed E-state index contributed by atoms with van der Waals surface area (Å²) in [5, 5.41) is 0. The van der Waals surface area contributed by atoms with Crippen molar-refractivity contribution in [3.8, 4) is 0 Å². The predicted octanol–water partition coefficient (Wildman–Crippen LogP) is 8.01. The molecular weight excluding hydrogens is 385 g/mol. The first-order valence-electron chi connectivity index (χ1n) is 13.1. The van der Waals surface area contributed by atoms with Gasteiger partial charge in [0.15, 0.2) is 6.17 Å². The standard InChI is InChI=1S/C26H45F3O/c1-3-5-6-16-30-24-15-14-22(25(28)26(24)29)20-12-13-21(23(27)17-20)19-10-8-18(7-4-2)9-11-19/h18-26H,3-17H2,1-2H3. The summed E-state index contributed by atoms with van der Waals surface area (Å²) in [5.41, 5.74) is 0. The molecule has 0 bridgehead atoms. The highest BCUT2D eigenvalue weighted by Crippen LogP contribution is 2.48. The van der Waals surface area contributed by atoms with Gasteiger partial charge in [0.2, 0.25) is 0 Å². The van der Waals surface area contributed by atoms with E-state index in [2.05, 4.69) is 13.8 Å². The lowest BCUT2D eigenvalue weighted by molar-refractivity contribution is -0.0926. The van der Waals surface area contributed by atoms with Crippen LogP contribution in [0.1, 0.15) is 104 Å². The minimum Gasteiger partial charge on any atom is -0.375 e. The Morgan fingerprint density at radius 2 is 1.40 bits per heavy atom. The summed E-state index contributed by atoms with van der Waals surface area (Å²) in [4.78, 5) is 0. The van der Waals surface area contributed by atoms with Crippen molar-refractivity contribution in [1.29, 1.82) is 0 Å². The molecule has 0 spiro atoms. The van der Waals surface area contributed by atoms with E-state index in [1.165, 1.54) is 38.5 Å². The highest BCUT2D eigenvalue weighted by Gasteiger charge is 2.47. The smallest absolute Gasteiger partial charge is 0.157 e. The molecule has 3 aliphatic carbocycles. The minimum atomic E-state index is -1.55. The zero-order valence-electron chi connectivity index (χ0n) is 19.3. The molecule has 3 fully saturated rings. The van der Waals surface area contributed by atoms with E-state index in [0.29, 0.717) is 31.8 Å². The lowest BCUT2D eigenvalue weighted by atomic mass is 9.64. The lowest BCUT2D eigenvalue weighted by Crippen LogP contribution is -2.47. The SMILES string of the molecule is CCCCCOC1CCC(C2CCC(C3CCC(CCC)CC3)C(F)C2)C(F)C1F. The minimum absolute atomic E-state index is 0.00183. The maximum absolute atomic E-state index is 15.2. The van der Waals surface area contributed by atoms with E-state index in [0.717, 1.165) is 38.0 Å². The van der Waals surface area contributed by atoms with Crippen molar-refractivity contribution < 1.29 is 17.9 Å². The van der Waals surface area contributed by atoms with Crippen LogP contribution in [0.15, 0.2) is 0 Å². The van der Waals surface area contributed by atoms with Gasteiger partial charge < -0.3 is 4.74 Å². The fraction of sp³-hybridized carbons (Fsp3) is 1.00. The maximum Gasteiger partial charge on any atom is 0.157 e. The quantitative estimate of drug-likeness (QED) is 0.337. The number of unbranched alkanes of at least 4 members (excludes halogenated alkanes) is 2. The van der Waals surface area contributed by atoms with Crippen LogP contribution in [0.2, 0.25) is 0 Å². The molecule has 3 rings (SSSR count). The zero-order chi connectivity index (χ0) is 21.5. The molecule has 4 heteroatoms. The van der Waals surface area contributed by atoms with Crippen LogP contribution in [0.5, 0.6) is 0 Å². The van der Waals surface area contributed by atoms with Gasteiger partial charge in [-0.2, -0.15) is 0 Å². The molecule has 0 aromatic carbocycles. The van der Waals surface area contributed by atoms with Gasteiger partial charge in [0, 0.05) is 6.61 Å². The molecular formula is C26H45F3O. The van der Waals surface area contributed by atoms with Crippen molar-refractivity contribution in [1.82, 2.24) is 0 Å². The second-order valence-electron chi connectivity index (χ2n) is 10.6. The van der Waals surface area contributed by atoms with E-state index in [4.69, 9.17) is 4.74 Å². The molecule has 3 aliphatic rings. The Morgan fingerprint density at radius 3 is 2.07 bits per heavy atom. The topological polar surface area (TPSA) is 9.23 Å². The maximum atomic E-state index is 15.2. The van der Waals surface area contributed by atoms with Crippen molar-refractivity contribution in [3.05, 3.63) is 0 Å². The van der Waals surface area contributed by atoms with Gasteiger partial charge in [-0.15, -0.1) is 0 Å². The monoisotopic (exact) mass is 430 g/mol. The molecule has 0 radical (unpaired) electrons. The summed E-state index contributed by atoms with van der Waals surface area (Å²) in [6.45, 7) is 4.89. The summed E-state index contributed by atoms with van der Waals surface area (Å²) in [6.07, 6.45) is 9.40. The van der Waals surface area contributed by atoms with Gasteiger partial charge in [-0.25, -0.2) is 13.2 Å². The van der Waals surface area contributed by atoms with Gasteiger partial charge in [0.05, 0.1) is 6.10 Å². The number of hydrogen-bond acceptors (Lipinski definition) is 1. The van der Waals surface area contributed by atoms with E-state index in [9.17, 15) is 8.78 Å². The van der Waals surface area contributed by atoms with Gasteiger partial charge >= 0.3 is 0 Å². The molecule has 7 atom stereocenters. The van der Waals surface area contributed by atoms with Gasteiger partial charge in [0.25, 0.3) is 0 Å². The number of alkyl halides is 3. The molecule has 1 nitrogen and oxygen atoms in total. The summed E-state index contributed by atoms with van der Waals surface area (Å²) >= 11 is 0. The summed E-state index contributed by atoms with van der Waals surface area (Å²) in [6, 6.07) is 0. The number of halogens is 3. The fourth-order valence-electron chi connectivity index (χ4n) is 6.78. The van der Waals surface area contributed by atoms with Crippen LogP contribution in [0.4, 0.5) is 13.2 Å². The van der Waals surface area contributed by atoms with Crippen LogP contribution in [-0.4, -0.2) is 31.2 Å². The van der Waals surface area contributed by atoms with Crippen LogP contribution >= 0.6 is 0 Å². The Morgan fingerprint density at radius 1 is 0.700 bits per heavy atom. The van der Waals surface area contributed by atoms with Crippen LogP contribution < -0.4 is 0 Å². The Hall–Kier alpha value is -0.250. The summed E-state index contributed by atoms with van der Waals surface area (Å²) < 4.78 is 50.5. The molecule has 0 aliphatic heterocycles. The Kier molecular flexibility index (Phi) is 9.85. The molecule has 0 saturated heterocycles. The summed E-state index contributed by atoms with van der Waals surface area (Å²) in [7, 11) is 0. The number of rotatable bonds is 9. The average molecular weight is 431 g/mol. The first-order valence-corrected chi connectivity index (χ1v) is 13.1. The third kappa shape index (κ3) is 6.17. The highest BCUT2D eigenvalue weighted by atomic mass is 19.2. The lowest BCUT2D eigenvalue weighted by Gasteiger charge is -2.44. The molecule has 0 aromatic rings. The second kappa shape index (κ2) is 12.1. The number of ether oxygens (including phenoxy) is 1. The van der Waals surface area contributed by atoms with Gasteiger partial charge in [-0.05, 0) is 81.0 Å². The van der Waals surface area contributed by atoms with Crippen LogP contribution in [-0.2, 0) is 4.74 Å². The van der Waals surface area contributed by atoms with Crippen molar-refractivity contribution in [3.63, 3.8) is 0 Å². The van der Waals surface area contributed by atoms with E-state index in [1.54, 1.807) is 0 Å². The molecule has 3 saturated carbocycles. The average Bonchev–Trinajstić information content (AvgIpc) is 2.75. The molecule has 176 valence electrons. The normalized spacial score (nSPS) is 42.9. The Balaban J connectivity index is 1.45. The third-order valence-corrected chi connectivity index (χ3v) is 8.60. The molecule has 0 aromatic heterocycles. The Bertz CT molecular complexity index is 479. The van der Waals surface area contributed by atoms with Crippen LogP contribution in [0, 0.1) is 29.6 Å². The second-order valence-corrected chi connectivity index (χ2v) is 10.6. The fourth-order valence-corrected chi connectivity index (χ4v) is 6.78. The molecule has 0 heterocycles. The van der Waals surface area contributed by atoms with E-state index >= 15 is 4.39 Å². The van der Waals surface area contributed by atoms with Crippen LogP contribution in [0.25, 0.3) is 0 Å².